The zero-order chi connectivity index (χ0) is 13.7. The number of methoxy groups -OCH3 is 2. The summed E-state index contributed by atoms with van der Waals surface area (Å²) in [5, 5.41) is 3.47. The van der Waals surface area contributed by atoms with Gasteiger partial charge in [-0.1, -0.05) is 6.07 Å². The van der Waals surface area contributed by atoms with Crippen LogP contribution < -0.4 is 14.8 Å². The number of hydrogen-bond acceptors (Lipinski definition) is 4. The first-order valence-corrected chi connectivity index (χ1v) is 8.01. The van der Waals surface area contributed by atoms with Gasteiger partial charge in [-0.2, -0.15) is 0 Å². The van der Waals surface area contributed by atoms with Crippen LogP contribution in [0.4, 0.5) is 0 Å². The van der Waals surface area contributed by atoms with E-state index in [1.54, 1.807) is 26.0 Å². The first-order chi connectivity index (χ1) is 9.30. The minimum absolute atomic E-state index is 0.714. The van der Waals surface area contributed by atoms with Crippen molar-refractivity contribution in [2.45, 2.75) is 24.2 Å². The maximum absolute atomic E-state index is 5.63. The summed E-state index contributed by atoms with van der Waals surface area (Å²) in [5.74, 6) is 2.60. The third-order valence-corrected chi connectivity index (χ3v) is 4.49. The standard InChI is InChI=1S/C15H23NO2S/c1-17-13-7-6-12(14(18-2)15(13)19-3)9-11-5-4-8-16-10-11/h6-7,11,16H,4-5,8-10H2,1-3H3. The van der Waals surface area contributed by atoms with Gasteiger partial charge in [0.2, 0.25) is 0 Å². The fourth-order valence-electron chi connectivity index (χ4n) is 2.73. The Morgan fingerprint density at radius 3 is 2.74 bits per heavy atom. The molecule has 0 saturated carbocycles. The second-order valence-corrected chi connectivity index (χ2v) is 5.73. The maximum atomic E-state index is 5.63. The van der Waals surface area contributed by atoms with Crippen molar-refractivity contribution >= 4 is 11.8 Å². The molecule has 0 amide bonds. The third-order valence-electron chi connectivity index (χ3n) is 3.69. The number of rotatable bonds is 5. The van der Waals surface area contributed by atoms with Gasteiger partial charge < -0.3 is 14.8 Å². The zero-order valence-electron chi connectivity index (χ0n) is 12.0. The van der Waals surface area contributed by atoms with Gasteiger partial charge in [0.15, 0.2) is 0 Å². The second kappa shape index (κ2) is 7.06. The average Bonchev–Trinajstić information content (AvgIpc) is 2.47. The molecule has 1 aromatic rings. The molecular weight excluding hydrogens is 258 g/mol. The van der Waals surface area contributed by atoms with Crippen LogP contribution in [0, 0.1) is 5.92 Å². The van der Waals surface area contributed by atoms with Gasteiger partial charge in [-0.25, -0.2) is 0 Å². The van der Waals surface area contributed by atoms with E-state index in [1.165, 1.54) is 18.4 Å². The van der Waals surface area contributed by atoms with Crippen LogP contribution >= 0.6 is 11.8 Å². The summed E-state index contributed by atoms with van der Waals surface area (Å²) in [5.41, 5.74) is 1.29. The lowest BCUT2D eigenvalue weighted by Crippen LogP contribution is -2.30. The molecule has 1 aliphatic heterocycles. The highest BCUT2D eigenvalue weighted by Crippen LogP contribution is 2.40. The summed E-state index contributed by atoms with van der Waals surface area (Å²) in [4.78, 5) is 1.10. The van der Waals surface area contributed by atoms with Gasteiger partial charge in [-0.3, -0.25) is 0 Å². The molecule has 0 aromatic heterocycles. The Bertz CT molecular complexity index is 417. The van der Waals surface area contributed by atoms with E-state index in [0.717, 1.165) is 35.9 Å². The van der Waals surface area contributed by atoms with E-state index in [9.17, 15) is 0 Å². The molecule has 1 aromatic carbocycles. The van der Waals surface area contributed by atoms with Crippen LogP contribution in [-0.4, -0.2) is 33.6 Å². The first-order valence-electron chi connectivity index (χ1n) is 6.78. The molecule has 1 N–H and O–H groups in total. The SMILES string of the molecule is COc1ccc(CC2CCCNC2)c(OC)c1SC. The summed E-state index contributed by atoms with van der Waals surface area (Å²) >= 11 is 1.68. The van der Waals surface area contributed by atoms with Gasteiger partial charge in [0.25, 0.3) is 0 Å². The molecular formula is C15H23NO2S. The van der Waals surface area contributed by atoms with E-state index in [4.69, 9.17) is 9.47 Å². The number of benzene rings is 1. The minimum atomic E-state index is 0.714. The molecule has 106 valence electrons. The van der Waals surface area contributed by atoms with Crippen LogP contribution in [0.1, 0.15) is 18.4 Å². The molecule has 0 radical (unpaired) electrons. The van der Waals surface area contributed by atoms with Gasteiger partial charge in [0, 0.05) is 0 Å². The molecule has 1 fully saturated rings. The highest BCUT2D eigenvalue weighted by Gasteiger charge is 2.19. The lowest BCUT2D eigenvalue weighted by atomic mass is 9.92. The fourth-order valence-corrected chi connectivity index (χ4v) is 3.49. The van der Waals surface area contributed by atoms with Crippen molar-refractivity contribution in [1.29, 1.82) is 0 Å². The van der Waals surface area contributed by atoms with Gasteiger partial charge in [0.1, 0.15) is 11.5 Å². The van der Waals surface area contributed by atoms with Crippen molar-refractivity contribution in [2.24, 2.45) is 5.92 Å². The average molecular weight is 281 g/mol. The molecule has 1 unspecified atom stereocenters. The van der Waals surface area contributed by atoms with Crippen molar-refractivity contribution in [3.63, 3.8) is 0 Å². The van der Waals surface area contributed by atoms with Crippen LogP contribution in [0.25, 0.3) is 0 Å². The Morgan fingerprint density at radius 1 is 1.32 bits per heavy atom. The minimum Gasteiger partial charge on any atom is -0.495 e. The number of hydrogen-bond donors (Lipinski definition) is 1. The summed E-state index contributed by atoms with van der Waals surface area (Å²) in [6, 6.07) is 4.20. The maximum Gasteiger partial charge on any atom is 0.139 e. The van der Waals surface area contributed by atoms with E-state index in [-0.39, 0.29) is 0 Å². The van der Waals surface area contributed by atoms with Gasteiger partial charge in [-0.05, 0) is 56.2 Å². The predicted molar refractivity (Wildman–Crippen MR) is 80.6 cm³/mol. The Hall–Kier alpha value is -0.870. The molecule has 2 rings (SSSR count). The van der Waals surface area contributed by atoms with Gasteiger partial charge in [-0.15, -0.1) is 11.8 Å². The number of ether oxygens (including phenoxy) is 2. The van der Waals surface area contributed by atoms with Crippen molar-refractivity contribution in [3.8, 4) is 11.5 Å². The molecule has 4 heteroatoms. The molecule has 1 saturated heterocycles. The highest BCUT2D eigenvalue weighted by atomic mass is 32.2. The van der Waals surface area contributed by atoms with E-state index in [2.05, 4.69) is 23.7 Å². The van der Waals surface area contributed by atoms with Gasteiger partial charge in [0.05, 0.1) is 19.1 Å². The smallest absolute Gasteiger partial charge is 0.139 e. The Kier molecular flexibility index (Phi) is 5.40. The predicted octanol–water partition coefficient (Wildman–Crippen LogP) is 2.97. The van der Waals surface area contributed by atoms with E-state index >= 15 is 0 Å². The summed E-state index contributed by atoms with van der Waals surface area (Å²) in [6.07, 6.45) is 5.72. The second-order valence-electron chi connectivity index (χ2n) is 4.91. The molecule has 1 atom stereocenters. The van der Waals surface area contributed by atoms with Crippen molar-refractivity contribution in [3.05, 3.63) is 17.7 Å². The van der Waals surface area contributed by atoms with Crippen LogP contribution in [0.2, 0.25) is 0 Å². The number of nitrogens with one attached hydrogen (secondary N) is 1. The summed E-state index contributed by atoms with van der Waals surface area (Å²) < 4.78 is 11.0. The molecule has 1 heterocycles. The Morgan fingerprint density at radius 2 is 2.16 bits per heavy atom. The molecule has 0 aliphatic carbocycles. The molecule has 3 nitrogen and oxygen atoms in total. The van der Waals surface area contributed by atoms with Crippen LogP contribution in [0.15, 0.2) is 17.0 Å². The summed E-state index contributed by atoms with van der Waals surface area (Å²) in [7, 11) is 3.45. The van der Waals surface area contributed by atoms with Gasteiger partial charge >= 0.3 is 0 Å². The Balaban J connectivity index is 2.23. The van der Waals surface area contributed by atoms with Crippen LogP contribution in [0.5, 0.6) is 11.5 Å². The van der Waals surface area contributed by atoms with E-state index < -0.39 is 0 Å². The molecule has 19 heavy (non-hydrogen) atoms. The number of piperidine rings is 1. The normalized spacial score (nSPS) is 19.2. The highest BCUT2D eigenvalue weighted by molar-refractivity contribution is 7.98. The lowest BCUT2D eigenvalue weighted by Gasteiger charge is -2.24. The topological polar surface area (TPSA) is 30.5 Å². The largest absolute Gasteiger partial charge is 0.495 e. The molecule has 0 spiro atoms. The van der Waals surface area contributed by atoms with Crippen LogP contribution in [-0.2, 0) is 6.42 Å². The Labute approximate surface area is 120 Å². The zero-order valence-corrected chi connectivity index (χ0v) is 12.8. The third kappa shape index (κ3) is 3.37. The quantitative estimate of drug-likeness (QED) is 0.841. The lowest BCUT2D eigenvalue weighted by molar-refractivity contribution is 0.353. The van der Waals surface area contributed by atoms with Crippen molar-refractivity contribution in [1.82, 2.24) is 5.32 Å². The van der Waals surface area contributed by atoms with Crippen molar-refractivity contribution < 1.29 is 9.47 Å². The van der Waals surface area contributed by atoms with Crippen molar-refractivity contribution in [2.75, 3.05) is 33.6 Å². The summed E-state index contributed by atoms with van der Waals surface area (Å²) in [6.45, 7) is 2.27. The van der Waals surface area contributed by atoms with E-state index in [1.807, 2.05) is 0 Å². The molecule has 0 bridgehead atoms. The van der Waals surface area contributed by atoms with Crippen LogP contribution in [0.3, 0.4) is 0 Å². The van der Waals surface area contributed by atoms with E-state index in [0.29, 0.717) is 5.92 Å². The molecule has 1 aliphatic rings. The monoisotopic (exact) mass is 281 g/mol. The number of thioether (sulfide) groups is 1. The first kappa shape index (κ1) is 14.5. The fraction of sp³-hybridized carbons (Fsp3) is 0.600.